The van der Waals surface area contributed by atoms with Crippen molar-refractivity contribution >= 4 is 13.8 Å². The van der Waals surface area contributed by atoms with E-state index in [0.29, 0.717) is 23.2 Å². The molecule has 0 aromatic rings. The number of allylic oxidation sites excluding steroid dienone is 9. The van der Waals surface area contributed by atoms with Crippen LogP contribution < -0.4 is 4.89 Å². The van der Waals surface area contributed by atoms with Crippen molar-refractivity contribution in [1.82, 2.24) is 0 Å². The molecule has 0 saturated heterocycles. The highest BCUT2D eigenvalue weighted by molar-refractivity contribution is 7.45. The van der Waals surface area contributed by atoms with Crippen LogP contribution in [0.25, 0.3) is 0 Å². The van der Waals surface area contributed by atoms with Crippen molar-refractivity contribution in [3.05, 3.63) is 58.7 Å². The molecule has 306 valence electrons. The average Bonchev–Trinajstić information content (AvgIpc) is 3.05. The Kier molecular flexibility index (Phi) is 25.8. The Morgan fingerprint density at radius 3 is 2.00 bits per heavy atom. The zero-order chi connectivity index (χ0) is 39.6. The molecule has 0 fully saturated rings. The first-order chi connectivity index (χ1) is 25.0. The van der Waals surface area contributed by atoms with E-state index in [1.165, 1.54) is 107 Å². The molecule has 9 heteroatoms. The lowest BCUT2D eigenvalue weighted by Crippen LogP contribution is -2.37. The van der Waals surface area contributed by atoms with Gasteiger partial charge in [0.1, 0.15) is 19.3 Å². The van der Waals surface area contributed by atoms with Crippen molar-refractivity contribution in [2.24, 2.45) is 5.41 Å². The van der Waals surface area contributed by atoms with Gasteiger partial charge >= 0.3 is 5.97 Å². The predicted molar refractivity (Wildman–Crippen MR) is 220 cm³/mol. The second-order valence-corrected chi connectivity index (χ2v) is 18.2. The van der Waals surface area contributed by atoms with Crippen molar-refractivity contribution in [2.45, 2.75) is 157 Å². The molecule has 0 bridgehead atoms. The Labute approximate surface area is 325 Å². The first-order valence-corrected chi connectivity index (χ1v) is 22.1. The van der Waals surface area contributed by atoms with Crippen molar-refractivity contribution in [3.63, 3.8) is 0 Å². The molecule has 0 aliphatic heterocycles. The number of esters is 1. The Hall–Kier alpha value is -1.80. The molecule has 1 aliphatic carbocycles. The quantitative estimate of drug-likeness (QED) is 0.0179. The first kappa shape index (κ1) is 49.2. The lowest BCUT2D eigenvalue weighted by molar-refractivity contribution is -0.870. The maximum absolute atomic E-state index is 12.9. The summed E-state index contributed by atoms with van der Waals surface area (Å²) in [6.45, 7) is 13.7. The van der Waals surface area contributed by atoms with Crippen LogP contribution in [0.1, 0.15) is 151 Å². The predicted octanol–water partition coefficient (Wildman–Crippen LogP) is 11.1. The van der Waals surface area contributed by atoms with E-state index in [1.807, 2.05) is 46.3 Å². The number of ether oxygens (including phenoxy) is 2. The molecule has 0 spiro atoms. The minimum Gasteiger partial charge on any atom is -0.756 e. The highest BCUT2D eigenvalue weighted by Crippen LogP contribution is 2.41. The molecule has 0 N–H and O–H groups in total. The SMILES string of the molecule is CCCCCCCCCCCCCCCCOC[C@H](COP(=O)([O-])OCC[N+](C)(C)C)OC(=O)/C=C(C)/C=C/C=C(C)/C=C/C1=C(C)CCCC1(C)C. The molecule has 2 atom stereocenters. The number of phosphoric ester groups is 1. The van der Waals surface area contributed by atoms with Crippen LogP contribution in [0.2, 0.25) is 0 Å². The third-order valence-corrected chi connectivity index (χ3v) is 10.7. The van der Waals surface area contributed by atoms with E-state index in [-0.39, 0.29) is 25.2 Å². The van der Waals surface area contributed by atoms with Crippen LogP contribution in [0.3, 0.4) is 0 Å². The van der Waals surface area contributed by atoms with Crippen molar-refractivity contribution in [3.8, 4) is 0 Å². The summed E-state index contributed by atoms with van der Waals surface area (Å²) >= 11 is 0. The van der Waals surface area contributed by atoms with Crippen LogP contribution in [-0.4, -0.2) is 70.7 Å². The zero-order valence-corrected chi connectivity index (χ0v) is 36.2. The van der Waals surface area contributed by atoms with Crippen LogP contribution in [-0.2, 0) is 27.9 Å². The molecule has 53 heavy (non-hydrogen) atoms. The van der Waals surface area contributed by atoms with Gasteiger partial charge in [-0.1, -0.05) is 146 Å². The number of nitrogens with zero attached hydrogens (tertiary/aromatic N) is 1. The molecule has 8 nitrogen and oxygen atoms in total. The van der Waals surface area contributed by atoms with Gasteiger partial charge in [0.25, 0.3) is 7.82 Å². The number of hydrogen-bond acceptors (Lipinski definition) is 7. The van der Waals surface area contributed by atoms with Gasteiger partial charge in [-0.05, 0) is 63.0 Å². The fourth-order valence-electron chi connectivity index (χ4n) is 6.43. The van der Waals surface area contributed by atoms with Gasteiger partial charge in [-0.2, -0.15) is 0 Å². The molecule has 0 radical (unpaired) electrons. The topological polar surface area (TPSA) is 94.1 Å². The molecule has 0 heterocycles. The fourth-order valence-corrected chi connectivity index (χ4v) is 7.16. The third kappa shape index (κ3) is 26.6. The molecule has 0 aromatic carbocycles. The van der Waals surface area contributed by atoms with E-state index in [2.05, 4.69) is 46.8 Å². The number of rotatable bonds is 30. The second-order valence-electron chi connectivity index (χ2n) is 16.7. The van der Waals surface area contributed by atoms with Crippen LogP contribution in [0.4, 0.5) is 0 Å². The van der Waals surface area contributed by atoms with Crippen LogP contribution in [0.5, 0.6) is 0 Å². The van der Waals surface area contributed by atoms with Gasteiger partial charge in [-0.15, -0.1) is 0 Å². The van der Waals surface area contributed by atoms with Gasteiger partial charge in [0.15, 0.2) is 0 Å². The summed E-state index contributed by atoms with van der Waals surface area (Å²) in [6, 6.07) is 0. The van der Waals surface area contributed by atoms with Gasteiger partial charge in [0, 0.05) is 12.7 Å². The summed E-state index contributed by atoms with van der Waals surface area (Å²) in [7, 11) is 1.26. The molecule has 1 rings (SSSR count). The summed E-state index contributed by atoms with van der Waals surface area (Å²) in [5.41, 5.74) is 4.89. The molecule has 1 aliphatic rings. The van der Waals surface area contributed by atoms with E-state index < -0.39 is 19.9 Å². The Balaban J connectivity index is 2.59. The lowest BCUT2D eigenvalue weighted by Gasteiger charge is -2.32. The Morgan fingerprint density at radius 2 is 1.43 bits per heavy atom. The van der Waals surface area contributed by atoms with Gasteiger partial charge in [0.2, 0.25) is 0 Å². The minimum absolute atomic E-state index is 0.00216. The van der Waals surface area contributed by atoms with E-state index >= 15 is 0 Å². The third-order valence-electron chi connectivity index (χ3n) is 9.78. The number of likely N-dealkylation sites (N-methyl/N-ethyl adjacent to an activating group) is 1. The number of phosphoric acid groups is 1. The average molecular weight is 764 g/mol. The van der Waals surface area contributed by atoms with E-state index in [0.717, 1.165) is 24.8 Å². The normalized spacial score (nSPS) is 17.5. The zero-order valence-electron chi connectivity index (χ0n) is 35.3. The summed E-state index contributed by atoms with van der Waals surface area (Å²) in [5, 5.41) is 0. The maximum Gasteiger partial charge on any atom is 0.331 e. The number of hydrogen-bond donors (Lipinski definition) is 0. The van der Waals surface area contributed by atoms with E-state index in [9.17, 15) is 14.3 Å². The van der Waals surface area contributed by atoms with Gasteiger partial charge in [-0.25, -0.2) is 4.79 Å². The maximum atomic E-state index is 12.9. The van der Waals surface area contributed by atoms with Crippen LogP contribution in [0, 0.1) is 5.41 Å². The minimum atomic E-state index is -4.58. The second kappa shape index (κ2) is 27.7. The summed E-state index contributed by atoms with van der Waals surface area (Å²) < 4.78 is 34.6. The number of carbonyl (C=O) groups is 1. The largest absolute Gasteiger partial charge is 0.756 e. The molecular formula is C44H78NO7P. The lowest BCUT2D eigenvalue weighted by atomic mass is 9.72. The van der Waals surface area contributed by atoms with E-state index in [4.69, 9.17) is 18.5 Å². The van der Waals surface area contributed by atoms with Gasteiger partial charge in [0.05, 0.1) is 34.4 Å². The highest BCUT2D eigenvalue weighted by atomic mass is 31.2. The molecule has 0 amide bonds. The van der Waals surface area contributed by atoms with E-state index in [1.54, 1.807) is 0 Å². The summed E-state index contributed by atoms with van der Waals surface area (Å²) in [4.78, 5) is 25.3. The molecule has 0 saturated carbocycles. The molecule has 0 aromatic heterocycles. The summed E-state index contributed by atoms with van der Waals surface area (Å²) in [6.07, 6.45) is 32.1. The van der Waals surface area contributed by atoms with Crippen LogP contribution >= 0.6 is 7.82 Å². The van der Waals surface area contributed by atoms with Crippen molar-refractivity contribution in [2.75, 3.05) is 54.1 Å². The first-order valence-electron chi connectivity index (χ1n) is 20.6. The Morgan fingerprint density at radius 1 is 0.849 bits per heavy atom. The van der Waals surface area contributed by atoms with Crippen molar-refractivity contribution in [1.29, 1.82) is 0 Å². The number of carbonyl (C=O) groups excluding carboxylic acids is 1. The smallest absolute Gasteiger partial charge is 0.331 e. The Bertz CT molecular complexity index is 1220. The van der Waals surface area contributed by atoms with Crippen molar-refractivity contribution < 1.29 is 37.3 Å². The highest BCUT2D eigenvalue weighted by Gasteiger charge is 2.26. The molecule has 1 unspecified atom stereocenters. The fraction of sp³-hybridized carbons (Fsp3) is 0.750. The number of quaternary nitrogens is 1. The molecular weight excluding hydrogens is 685 g/mol. The van der Waals surface area contributed by atoms with Gasteiger partial charge in [-0.3, -0.25) is 4.57 Å². The standard InChI is InChI=1S/C44H78NO7P/c1-10-11-12-13-14-15-16-17-18-19-20-21-22-23-33-49-36-41(37-51-53(47,48)50-34-32-45(7,8)9)52-43(46)35-39(3)27-24-26-38(2)29-30-42-40(4)28-25-31-44(42,5)6/h24,26-27,29-30,35,41H,10-23,25,28,31-34,36-37H2,1-9H3/b27-24+,30-29+,38-26+,39-35+/t41-/m1/s1. The summed E-state index contributed by atoms with van der Waals surface area (Å²) in [5.74, 6) is -0.588. The van der Waals surface area contributed by atoms with Crippen LogP contribution in [0.15, 0.2) is 58.7 Å². The van der Waals surface area contributed by atoms with Gasteiger partial charge < -0.3 is 27.9 Å². The number of unbranched alkanes of at least 4 members (excludes halogenated alkanes) is 13. The monoisotopic (exact) mass is 764 g/mol.